The Bertz CT molecular complexity index is 3570. The molecule has 2 aromatic heterocycles. The summed E-state index contributed by atoms with van der Waals surface area (Å²) in [7, 11) is 0. The van der Waals surface area contributed by atoms with Crippen molar-refractivity contribution in [2.45, 2.75) is 85.7 Å². The number of pyridine rings is 1. The van der Waals surface area contributed by atoms with Crippen LogP contribution in [-0.4, -0.2) is 19.6 Å². The van der Waals surface area contributed by atoms with E-state index in [-0.39, 0.29) is 37.8 Å². The number of aryl methyl sites for hydroxylation is 2. The van der Waals surface area contributed by atoms with Gasteiger partial charge in [0.1, 0.15) is 11.6 Å². The van der Waals surface area contributed by atoms with Gasteiger partial charge in [-0.2, -0.15) is 0 Å². The van der Waals surface area contributed by atoms with E-state index in [1.165, 1.54) is 12.1 Å². The van der Waals surface area contributed by atoms with Crippen LogP contribution in [0.5, 0.6) is 5.75 Å². The van der Waals surface area contributed by atoms with Crippen LogP contribution in [0.1, 0.15) is 103 Å². The van der Waals surface area contributed by atoms with Crippen molar-refractivity contribution in [1.29, 1.82) is 0 Å². The molecular formula is C61H58N3OPt-. The summed E-state index contributed by atoms with van der Waals surface area (Å²) in [6, 6.07) is 51.7. The minimum Gasteiger partial charge on any atom is -0.507 e. The van der Waals surface area contributed by atoms with Gasteiger partial charge in [-0.3, -0.25) is 9.55 Å². The number of nitrogens with zero attached hydrogens (tertiary/aromatic N) is 3. The van der Waals surface area contributed by atoms with Gasteiger partial charge in [-0.05, 0) is 111 Å². The van der Waals surface area contributed by atoms with Crippen LogP contribution in [0, 0.1) is 19.9 Å². The number of aromatic hydroxyl groups is 1. The molecule has 9 aromatic rings. The molecule has 0 fully saturated rings. The Morgan fingerprint density at radius 3 is 1.94 bits per heavy atom. The maximum absolute atomic E-state index is 12.0. The van der Waals surface area contributed by atoms with E-state index in [0.29, 0.717) is 44.9 Å². The van der Waals surface area contributed by atoms with Gasteiger partial charge in [0.05, 0.1) is 22.3 Å². The van der Waals surface area contributed by atoms with Crippen LogP contribution in [-0.2, 0) is 31.9 Å². The number of fused-ring (bicyclic) bond motifs is 1. The Morgan fingerprint density at radius 1 is 0.621 bits per heavy atom. The van der Waals surface area contributed by atoms with Crippen LogP contribution in [0.4, 0.5) is 0 Å². The Morgan fingerprint density at radius 2 is 1.29 bits per heavy atom. The summed E-state index contributed by atoms with van der Waals surface area (Å²) in [6.45, 7) is 3.95. The minimum atomic E-state index is -3.38. The molecule has 0 aliphatic rings. The molecule has 0 aliphatic carbocycles. The molecule has 1 N–H and O–H groups in total. The Labute approximate surface area is 419 Å². The van der Waals surface area contributed by atoms with E-state index in [2.05, 4.69) is 79.9 Å². The summed E-state index contributed by atoms with van der Waals surface area (Å²) in [5.74, 6) is -0.340. The Kier molecular flexibility index (Phi) is 9.60. The predicted octanol–water partition coefficient (Wildman–Crippen LogP) is 16.3. The number of aromatic nitrogens is 3. The predicted molar refractivity (Wildman–Crippen MR) is 273 cm³/mol. The monoisotopic (exact) mass is 1050 g/mol. The van der Waals surface area contributed by atoms with Gasteiger partial charge in [-0.1, -0.05) is 175 Å². The quantitative estimate of drug-likeness (QED) is 0.154. The standard InChI is InChI=1S/C61H58N3O.Pt/c1-38(2)50-36-52(43-20-15-12-16-21-43)56(37-51(50)42-18-13-11-14-19-42)64-55-23-17-22-49(57(55)63-59(64)53-31-39(3)30-40(4)58(53)65)45-32-46(34-48(33-45)61(8,9)10)54-35-44(28-29-62-54)41-24-26-47(27-25-41)60(5,6)7;/h11-31,33-38,65H,1-10H3;/q-1;/i5D3,6D3,7D3,38D;. The molecule has 0 saturated heterocycles. The summed E-state index contributed by atoms with van der Waals surface area (Å²) in [4.78, 5) is 10.3. The third kappa shape index (κ3) is 8.97. The molecule has 0 amide bonds. The van der Waals surface area contributed by atoms with E-state index < -0.39 is 31.9 Å². The molecule has 7 aromatic carbocycles. The zero-order valence-corrected chi connectivity index (χ0v) is 40.4. The number of imidazole rings is 1. The van der Waals surface area contributed by atoms with Crippen LogP contribution in [0.25, 0.3) is 83.9 Å². The maximum Gasteiger partial charge on any atom is 0.148 e. The number of hydrogen-bond acceptors (Lipinski definition) is 3. The first kappa shape index (κ1) is 34.9. The van der Waals surface area contributed by atoms with Crippen LogP contribution in [0.15, 0.2) is 158 Å². The summed E-state index contributed by atoms with van der Waals surface area (Å²) in [5, 5.41) is 12.0. The van der Waals surface area contributed by atoms with Crippen molar-refractivity contribution in [3.8, 4) is 78.6 Å². The van der Waals surface area contributed by atoms with Crippen LogP contribution in [0.2, 0.25) is 0 Å². The first-order valence-electron chi connectivity index (χ1n) is 26.9. The molecular weight excluding hydrogens is 986 g/mol. The van der Waals surface area contributed by atoms with Crippen molar-refractivity contribution in [2.24, 2.45) is 0 Å². The van der Waals surface area contributed by atoms with Gasteiger partial charge >= 0.3 is 0 Å². The van der Waals surface area contributed by atoms with Crippen molar-refractivity contribution >= 4 is 11.0 Å². The molecule has 0 radical (unpaired) electrons. The van der Waals surface area contributed by atoms with Gasteiger partial charge in [0.25, 0.3) is 0 Å². The third-order valence-electron chi connectivity index (χ3n) is 12.2. The molecule has 0 saturated carbocycles. The SMILES string of the molecule is [2H]C(C)(C)c1cc(-c2ccccc2)c(-n2c(-c3cc(C)cc(C)c3O)nc3c(-c4[c-]c(-c5cc(-c6ccc(C(C([2H])([2H])[2H])(C([2H])([2H])[2H])C([2H])([2H])[2H])cc6)ccn5)cc(C(C)(C)C)c4)cccc32)cc1-c1ccccc1.[Pt]. The largest absolute Gasteiger partial charge is 0.507 e. The average Bonchev–Trinajstić information content (AvgIpc) is 3.73. The number of para-hydroxylation sites is 1. The molecule has 0 unspecified atom stereocenters. The normalized spacial score (nSPS) is 14.8. The van der Waals surface area contributed by atoms with Crippen LogP contribution in [0.3, 0.4) is 0 Å². The number of rotatable bonds is 8. The summed E-state index contributed by atoms with van der Waals surface area (Å²) in [6.07, 6.45) is 1.65. The van der Waals surface area contributed by atoms with Crippen molar-refractivity contribution < 1.29 is 39.9 Å². The molecule has 0 spiro atoms. The van der Waals surface area contributed by atoms with Gasteiger partial charge in [0.15, 0.2) is 0 Å². The fourth-order valence-electron chi connectivity index (χ4n) is 8.72. The molecule has 2 heterocycles. The second kappa shape index (κ2) is 18.1. The summed E-state index contributed by atoms with van der Waals surface area (Å²) < 4.78 is 85.5. The average molecular weight is 1050 g/mol. The van der Waals surface area contributed by atoms with Crippen LogP contribution < -0.4 is 0 Å². The summed E-state index contributed by atoms with van der Waals surface area (Å²) >= 11 is 0. The van der Waals surface area contributed by atoms with E-state index in [1.807, 2.05) is 100 Å². The van der Waals surface area contributed by atoms with E-state index in [1.54, 1.807) is 24.4 Å². The number of hydrogen-bond donors (Lipinski definition) is 1. The van der Waals surface area contributed by atoms with Gasteiger partial charge in [0.2, 0.25) is 0 Å². The van der Waals surface area contributed by atoms with E-state index in [4.69, 9.17) is 22.3 Å². The van der Waals surface area contributed by atoms with Crippen LogP contribution >= 0.6 is 0 Å². The molecule has 9 rings (SSSR count). The summed E-state index contributed by atoms with van der Waals surface area (Å²) in [5.41, 5.74) is 10.3. The molecule has 0 atom stereocenters. The van der Waals surface area contributed by atoms with Gasteiger partial charge in [0, 0.05) is 52.2 Å². The zero-order chi connectivity index (χ0) is 54.2. The first-order chi connectivity index (χ1) is 35.1. The van der Waals surface area contributed by atoms with Crippen molar-refractivity contribution in [2.75, 3.05) is 0 Å². The maximum atomic E-state index is 12.0. The second-order valence-corrected chi connectivity index (χ2v) is 18.3. The third-order valence-corrected chi connectivity index (χ3v) is 12.2. The zero-order valence-electron chi connectivity index (χ0n) is 48.1. The molecule has 4 nitrogen and oxygen atoms in total. The number of benzene rings is 7. The molecule has 334 valence electrons. The second-order valence-electron chi connectivity index (χ2n) is 18.3. The number of phenols is 1. The smallest absolute Gasteiger partial charge is 0.148 e. The van der Waals surface area contributed by atoms with E-state index in [9.17, 15) is 6.48 Å². The van der Waals surface area contributed by atoms with Gasteiger partial charge in [-0.15, -0.1) is 29.3 Å². The fraction of sp³-hybridized carbons (Fsp3) is 0.213. The molecule has 0 bridgehead atoms. The first-order valence-corrected chi connectivity index (χ1v) is 21.9. The number of phenolic OH excluding ortho intramolecular Hbond substituents is 1. The topological polar surface area (TPSA) is 50.9 Å². The van der Waals surface area contributed by atoms with Crippen molar-refractivity contribution in [1.82, 2.24) is 14.5 Å². The molecule has 0 aliphatic heterocycles. The van der Waals surface area contributed by atoms with Gasteiger partial charge < -0.3 is 5.11 Å². The minimum absolute atomic E-state index is 0. The van der Waals surface area contributed by atoms with E-state index in [0.717, 1.165) is 61.3 Å². The molecule has 66 heavy (non-hydrogen) atoms. The van der Waals surface area contributed by atoms with Gasteiger partial charge in [-0.25, -0.2) is 4.98 Å². The Balaban J connectivity index is 0.00000765. The van der Waals surface area contributed by atoms with Crippen molar-refractivity contribution in [3.63, 3.8) is 0 Å². The Hall–Kier alpha value is -6.35. The van der Waals surface area contributed by atoms with Crippen molar-refractivity contribution in [3.05, 3.63) is 192 Å². The fourth-order valence-corrected chi connectivity index (χ4v) is 8.72. The molecule has 5 heteroatoms. The van der Waals surface area contributed by atoms with E-state index >= 15 is 0 Å².